The van der Waals surface area contributed by atoms with Gasteiger partial charge in [0, 0.05) is 37.0 Å². The van der Waals surface area contributed by atoms with E-state index in [-0.39, 0.29) is 48.2 Å². The summed E-state index contributed by atoms with van der Waals surface area (Å²) in [5.41, 5.74) is -3.26. The number of ketones is 1. The lowest BCUT2D eigenvalue weighted by Gasteiger charge is -2.66. The number of hydrogen-bond donors (Lipinski definition) is 2. The summed E-state index contributed by atoms with van der Waals surface area (Å²) in [5, 5.41) is 24.1. The van der Waals surface area contributed by atoms with E-state index in [1.54, 1.807) is 6.92 Å². The van der Waals surface area contributed by atoms with E-state index in [0.29, 0.717) is 51.4 Å². The van der Waals surface area contributed by atoms with Crippen molar-refractivity contribution in [2.75, 3.05) is 6.61 Å². The Balaban J connectivity index is 1.71. The zero-order valence-electron chi connectivity index (χ0n) is 19.8. The maximum atomic E-state index is 12.4. The van der Waals surface area contributed by atoms with Crippen molar-refractivity contribution >= 4 is 17.7 Å². The molecule has 4 rings (SSSR count). The Bertz CT molecular complexity index is 810. The van der Waals surface area contributed by atoms with E-state index in [2.05, 4.69) is 6.92 Å². The molecule has 0 aromatic carbocycles. The van der Waals surface area contributed by atoms with Crippen molar-refractivity contribution in [2.45, 2.75) is 103 Å². The lowest BCUT2D eigenvalue weighted by atomic mass is 9.41. The van der Waals surface area contributed by atoms with Gasteiger partial charge in [0.15, 0.2) is 0 Å². The minimum Gasteiger partial charge on any atom is -0.465 e. The Hall–Kier alpha value is -1.47. The zero-order valence-corrected chi connectivity index (χ0v) is 19.8. The predicted molar refractivity (Wildman–Crippen MR) is 115 cm³/mol. The predicted octanol–water partition coefficient (Wildman–Crippen LogP) is 2.94. The molecule has 0 aliphatic heterocycles. The standard InChI is InChI=1S/C25H38O7/c1-15(26)19-8-12-25(30)21-7-11-24(29)13-18(32-17(3)28)5-10-23(24,14-31-16(2)27)20(21)6-9-22(19,25)4/h18-21,29-30H,5-14H2,1-4H3/t18?,19-,20?,21?,22?,23?,24?,25?/m0/s1. The van der Waals surface area contributed by atoms with Crippen molar-refractivity contribution in [2.24, 2.45) is 28.6 Å². The summed E-state index contributed by atoms with van der Waals surface area (Å²) < 4.78 is 11.0. The van der Waals surface area contributed by atoms with Crippen molar-refractivity contribution in [1.82, 2.24) is 0 Å². The second-order valence-corrected chi connectivity index (χ2v) is 11.3. The van der Waals surface area contributed by atoms with Gasteiger partial charge in [-0.05, 0) is 70.1 Å². The third-order valence-electron chi connectivity index (χ3n) is 9.99. The number of hydrogen-bond acceptors (Lipinski definition) is 7. The first-order valence-corrected chi connectivity index (χ1v) is 12.1. The molecule has 0 spiro atoms. The summed E-state index contributed by atoms with van der Waals surface area (Å²) >= 11 is 0. The first-order chi connectivity index (χ1) is 14.9. The molecule has 8 atom stereocenters. The fraction of sp³-hybridized carbons (Fsp3) is 0.880. The highest BCUT2D eigenvalue weighted by molar-refractivity contribution is 5.80. The molecular formula is C25H38O7. The number of esters is 2. The smallest absolute Gasteiger partial charge is 0.302 e. The normalized spacial score (nSPS) is 47.6. The maximum Gasteiger partial charge on any atom is 0.302 e. The molecule has 7 heteroatoms. The Morgan fingerprint density at radius 1 is 0.875 bits per heavy atom. The molecule has 0 amide bonds. The van der Waals surface area contributed by atoms with E-state index in [9.17, 15) is 24.6 Å². The van der Waals surface area contributed by atoms with Crippen LogP contribution in [-0.4, -0.2) is 51.8 Å². The van der Waals surface area contributed by atoms with Crippen molar-refractivity contribution < 1.29 is 34.1 Å². The molecule has 2 N–H and O–H groups in total. The van der Waals surface area contributed by atoms with Crippen LogP contribution in [0.25, 0.3) is 0 Å². The fourth-order valence-electron chi connectivity index (χ4n) is 8.50. The monoisotopic (exact) mass is 450 g/mol. The molecule has 0 aromatic heterocycles. The Labute approximate surface area is 190 Å². The third kappa shape index (κ3) is 3.25. The van der Waals surface area contributed by atoms with Crippen LogP contribution in [0.3, 0.4) is 0 Å². The number of fused-ring (bicyclic) bond motifs is 5. The molecule has 0 saturated heterocycles. The SMILES string of the molecule is CC(=O)OCC12CCC(OC(C)=O)CC1(O)CCC1C2CCC2(C)[C@H](C(C)=O)CCC12O. The van der Waals surface area contributed by atoms with Crippen molar-refractivity contribution in [3.05, 3.63) is 0 Å². The lowest BCUT2D eigenvalue weighted by Crippen LogP contribution is -2.69. The number of ether oxygens (including phenoxy) is 2. The van der Waals surface area contributed by atoms with Gasteiger partial charge in [0.05, 0.1) is 17.8 Å². The molecule has 4 aliphatic rings. The topological polar surface area (TPSA) is 110 Å². The highest BCUT2D eigenvalue weighted by Crippen LogP contribution is 2.70. The van der Waals surface area contributed by atoms with Crippen molar-refractivity contribution in [3.8, 4) is 0 Å². The molecule has 0 aromatic rings. The van der Waals surface area contributed by atoms with Crippen LogP contribution in [0.1, 0.15) is 85.5 Å². The van der Waals surface area contributed by atoms with Crippen LogP contribution in [0.15, 0.2) is 0 Å². The highest BCUT2D eigenvalue weighted by Gasteiger charge is 2.71. The molecular weight excluding hydrogens is 412 g/mol. The zero-order chi connectivity index (χ0) is 23.5. The van der Waals surface area contributed by atoms with Crippen molar-refractivity contribution in [1.29, 1.82) is 0 Å². The van der Waals surface area contributed by atoms with Gasteiger partial charge in [-0.25, -0.2) is 0 Å². The van der Waals surface area contributed by atoms with Gasteiger partial charge in [0.1, 0.15) is 11.9 Å². The van der Waals surface area contributed by atoms with E-state index in [0.717, 1.165) is 6.42 Å². The van der Waals surface area contributed by atoms with Gasteiger partial charge in [0.2, 0.25) is 0 Å². The van der Waals surface area contributed by atoms with Gasteiger partial charge in [-0.1, -0.05) is 6.92 Å². The van der Waals surface area contributed by atoms with Crippen LogP contribution in [0.2, 0.25) is 0 Å². The van der Waals surface area contributed by atoms with Crippen LogP contribution < -0.4 is 0 Å². The number of carbonyl (C=O) groups excluding carboxylic acids is 3. The van der Waals surface area contributed by atoms with Crippen LogP contribution in [0.4, 0.5) is 0 Å². The van der Waals surface area contributed by atoms with Crippen LogP contribution in [0, 0.1) is 28.6 Å². The van der Waals surface area contributed by atoms with E-state index in [1.165, 1.54) is 13.8 Å². The molecule has 32 heavy (non-hydrogen) atoms. The average Bonchev–Trinajstić information content (AvgIpc) is 2.97. The van der Waals surface area contributed by atoms with Gasteiger partial charge in [-0.15, -0.1) is 0 Å². The Morgan fingerprint density at radius 2 is 1.56 bits per heavy atom. The second kappa shape index (κ2) is 7.79. The largest absolute Gasteiger partial charge is 0.465 e. The summed E-state index contributed by atoms with van der Waals surface area (Å²) in [5.74, 6) is -0.829. The molecule has 0 heterocycles. The van der Waals surface area contributed by atoms with Crippen molar-refractivity contribution in [3.63, 3.8) is 0 Å². The van der Waals surface area contributed by atoms with Gasteiger partial charge in [0.25, 0.3) is 0 Å². The van der Waals surface area contributed by atoms with Crippen LogP contribution >= 0.6 is 0 Å². The van der Waals surface area contributed by atoms with E-state index >= 15 is 0 Å². The highest BCUT2D eigenvalue weighted by atomic mass is 16.5. The summed E-state index contributed by atoms with van der Waals surface area (Å²) in [6.45, 7) is 6.56. The van der Waals surface area contributed by atoms with Crippen LogP contribution in [-0.2, 0) is 23.9 Å². The quantitative estimate of drug-likeness (QED) is 0.634. The summed E-state index contributed by atoms with van der Waals surface area (Å²) in [4.78, 5) is 35.7. The molecule has 7 nitrogen and oxygen atoms in total. The van der Waals surface area contributed by atoms with E-state index in [1.807, 2.05) is 0 Å². The maximum absolute atomic E-state index is 12.4. The Kier molecular flexibility index (Phi) is 5.77. The number of rotatable bonds is 4. The van der Waals surface area contributed by atoms with Crippen LogP contribution in [0.5, 0.6) is 0 Å². The van der Waals surface area contributed by atoms with E-state index < -0.39 is 22.0 Å². The minimum absolute atomic E-state index is 0.0253. The summed E-state index contributed by atoms with van der Waals surface area (Å²) in [6, 6.07) is 0. The number of carbonyl (C=O) groups is 3. The Morgan fingerprint density at radius 3 is 2.19 bits per heavy atom. The molecule has 4 saturated carbocycles. The average molecular weight is 451 g/mol. The second-order valence-electron chi connectivity index (χ2n) is 11.3. The molecule has 180 valence electrons. The molecule has 7 unspecified atom stereocenters. The molecule has 4 aliphatic carbocycles. The fourth-order valence-corrected chi connectivity index (χ4v) is 8.50. The molecule has 4 fully saturated rings. The summed E-state index contributed by atoms with van der Waals surface area (Å²) in [7, 11) is 0. The minimum atomic E-state index is -1.13. The first-order valence-electron chi connectivity index (χ1n) is 12.1. The number of aliphatic hydroxyl groups is 2. The first kappa shape index (κ1) is 23.7. The molecule has 0 bridgehead atoms. The lowest BCUT2D eigenvalue weighted by molar-refractivity contribution is -0.272. The van der Waals surface area contributed by atoms with Gasteiger partial charge in [-0.3, -0.25) is 14.4 Å². The van der Waals surface area contributed by atoms with E-state index in [4.69, 9.17) is 9.47 Å². The number of Topliss-reactive ketones (excluding diaryl/α,β-unsaturated/α-hetero) is 1. The van der Waals surface area contributed by atoms with Gasteiger partial charge in [-0.2, -0.15) is 0 Å². The van der Waals surface area contributed by atoms with Gasteiger partial charge >= 0.3 is 11.9 Å². The summed E-state index contributed by atoms with van der Waals surface area (Å²) in [6.07, 6.45) is 5.00. The molecule has 0 radical (unpaired) electrons. The van der Waals surface area contributed by atoms with Gasteiger partial charge < -0.3 is 19.7 Å². The third-order valence-corrected chi connectivity index (χ3v) is 9.99.